The van der Waals surface area contributed by atoms with Gasteiger partial charge in [-0.3, -0.25) is 14.5 Å². The molecule has 0 saturated carbocycles. The summed E-state index contributed by atoms with van der Waals surface area (Å²) in [5.74, 6) is 1.89. The van der Waals surface area contributed by atoms with Crippen LogP contribution in [0.25, 0.3) is 143 Å². The fourth-order valence-corrected chi connectivity index (χ4v) is 17.6. The largest absolute Gasteiger partial charge is 0.307 e. The van der Waals surface area contributed by atoms with Crippen molar-refractivity contribution in [1.29, 1.82) is 0 Å². The van der Waals surface area contributed by atoms with E-state index >= 15 is 0 Å². The van der Waals surface area contributed by atoms with Gasteiger partial charge in [0.15, 0.2) is 22.1 Å². The zero-order valence-corrected chi connectivity index (χ0v) is 55.1. The maximum absolute atomic E-state index is 4.82. The SMILES string of the molecule is CC(C)c1ccc2c3c1c1ncccc1n1c4ccccc4[n+](c31)C2.CC(C)c1cccc2c1[n+]1c3ncccc3c3cccc4c3c1n2C4.CC(C)c1cccc2c1c1nccc3c1c1n2cc[n+]1C3.CC(C)c1cccc2c3cccc4c3c3n(c5cccnc5[n+]3c12)C4. The summed E-state index contributed by atoms with van der Waals surface area (Å²) in [7, 11) is 0. The number of hydrogen-bond donors (Lipinski definition) is 0. The number of imidazole rings is 4. The van der Waals surface area contributed by atoms with Crippen molar-refractivity contribution in [1.82, 2.24) is 37.9 Å². The van der Waals surface area contributed by atoms with Gasteiger partial charge in [-0.25, -0.2) is 13.7 Å². The summed E-state index contributed by atoms with van der Waals surface area (Å²) in [5.41, 5.74) is 30.9. The number of benzene rings is 7. The molecule has 0 atom stereocenters. The molecule has 12 aromatic heterocycles. The van der Waals surface area contributed by atoms with Crippen LogP contribution >= 0.6 is 0 Å². The lowest BCUT2D eigenvalue weighted by Crippen LogP contribution is -2.30. The van der Waals surface area contributed by atoms with Crippen LogP contribution in [0.3, 0.4) is 0 Å². The second kappa shape index (κ2) is 20.1. The van der Waals surface area contributed by atoms with Gasteiger partial charge in [0.05, 0.1) is 50.9 Å². The molecule has 0 fully saturated rings. The van der Waals surface area contributed by atoms with E-state index < -0.39 is 0 Å². The van der Waals surface area contributed by atoms with E-state index in [1.54, 1.807) is 0 Å². The monoisotopic (exact) mass is 1250 g/mol. The maximum Gasteiger partial charge on any atom is 0.307 e. The normalized spacial score (nSPS) is 13.4. The van der Waals surface area contributed by atoms with E-state index in [9.17, 15) is 0 Å². The number of aromatic nitrogens is 12. The zero-order chi connectivity index (χ0) is 64.3. The summed E-state index contributed by atoms with van der Waals surface area (Å²) in [6, 6.07) is 61.6. The van der Waals surface area contributed by atoms with Crippen LogP contribution in [0, 0.1) is 0 Å². The van der Waals surface area contributed by atoms with Crippen molar-refractivity contribution in [3.05, 3.63) is 252 Å². The predicted octanol–water partition coefficient (Wildman–Crippen LogP) is 17.1. The van der Waals surface area contributed by atoms with E-state index in [0.717, 1.165) is 48.5 Å². The number of rotatable bonds is 4. The molecule has 0 bridgehead atoms. The Labute approximate surface area is 552 Å². The Hall–Kier alpha value is -11.2. The minimum absolute atomic E-state index is 0.461. The fraction of sp³-hybridized carbons (Fsp3) is 0.190. The summed E-state index contributed by atoms with van der Waals surface area (Å²) < 4.78 is 19.2. The third-order valence-electron chi connectivity index (χ3n) is 21.6. The highest BCUT2D eigenvalue weighted by Crippen LogP contribution is 2.43. The first-order valence-corrected chi connectivity index (χ1v) is 34.2. The lowest BCUT2D eigenvalue weighted by Gasteiger charge is -2.12. The lowest BCUT2D eigenvalue weighted by atomic mass is 9.93. The van der Waals surface area contributed by atoms with E-state index in [1.807, 2.05) is 43.0 Å². The zero-order valence-electron chi connectivity index (χ0n) is 55.1. The second-order valence-corrected chi connectivity index (χ2v) is 28.2. The molecule has 0 spiro atoms. The molecule has 0 unspecified atom stereocenters. The van der Waals surface area contributed by atoms with Gasteiger partial charge in [0.1, 0.15) is 65.5 Å². The molecular weight excluding hydrogens is 1180 g/mol. The van der Waals surface area contributed by atoms with Gasteiger partial charge in [0, 0.05) is 50.8 Å². The van der Waals surface area contributed by atoms with Crippen molar-refractivity contribution < 1.29 is 17.9 Å². The number of fused-ring (bicyclic) bond motifs is 21. The van der Waals surface area contributed by atoms with Gasteiger partial charge in [0.25, 0.3) is 16.9 Å². The molecule has 4 aliphatic heterocycles. The van der Waals surface area contributed by atoms with Crippen molar-refractivity contribution in [3.8, 4) is 0 Å². The van der Waals surface area contributed by atoms with Crippen molar-refractivity contribution in [2.24, 2.45) is 0 Å². The van der Waals surface area contributed by atoms with Gasteiger partial charge >= 0.3 is 5.65 Å². The van der Waals surface area contributed by atoms with Gasteiger partial charge in [0.2, 0.25) is 11.3 Å². The number of nitrogens with zero attached hydrogens (tertiary/aromatic N) is 12. The quantitative estimate of drug-likeness (QED) is 0.130. The minimum atomic E-state index is 0.461. The summed E-state index contributed by atoms with van der Waals surface area (Å²) in [4.78, 5) is 19.1. The van der Waals surface area contributed by atoms with Crippen molar-refractivity contribution in [3.63, 3.8) is 0 Å². The first-order chi connectivity index (χ1) is 47.0. The molecule has 19 aromatic rings. The van der Waals surface area contributed by atoms with Crippen LogP contribution in [0.4, 0.5) is 0 Å². The fourth-order valence-electron chi connectivity index (χ4n) is 17.6. The van der Waals surface area contributed by atoms with Gasteiger partial charge < -0.3 is 0 Å². The molecule has 16 heterocycles. The molecule has 4 aliphatic rings. The standard InChI is InChI=1S/3C22H18N3.C18H16N3/c1-13(2)15-7-4-10-18-20(15)25-21-17(9-5-11-23-21)16-8-3-6-14-12-24(18)22(25)19(14)16;1-13(2)15-7-4-9-17-16-8-3-6-14-12-24-18-10-5-11-23-21(18)25(20(15)17)22(24)19(14)16;1-13(2)15-10-9-14-12-24-16-6-3-4-7-17(16)25-18-8-5-11-23-21(18)20(15)19(14)22(24)25;1-11(2)13-4-3-5-14-16(13)17-15-12(6-7-19-17)10-20-8-9-21(14)18(15)20/h3*3-11,13H,12H2,1-2H3;3-9,11H,10H2,1-2H3/q4*+1. The van der Waals surface area contributed by atoms with Crippen LogP contribution in [0.5, 0.6) is 0 Å². The average molecular weight is 1250 g/mol. The van der Waals surface area contributed by atoms with Crippen LogP contribution in [-0.4, -0.2) is 37.9 Å². The highest BCUT2D eigenvalue weighted by molar-refractivity contribution is 6.17. The van der Waals surface area contributed by atoms with E-state index in [-0.39, 0.29) is 0 Å². The third kappa shape index (κ3) is 7.33. The first-order valence-electron chi connectivity index (χ1n) is 34.2. The van der Waals surface area contributed by atoms with E-state index in [0.29, 0.717) is 23.7 Å². The first kappa shape index (κ1) is 55.2. The molecule has 0 saturated heterocycles. The molecule has 7 aromatic carbocycles. The van der Waals surface area contributed by atoms with Crippen LogP contribution in [-0.2, 0) is 26.2 Å². The Morgan fingerprint density at radius 1 is 0.354 bits per heavy atom. The summed E-state index contributed by atoms with van der Waals surface area (Å²) in [5, 5.41) is 13.3. The van der Waals surface area contributed by atoms with Crippen molar-refractivity contribution in [2.75, 3.05) is 0 Å². The Balaban J connectivity index is 0.0000000877. The molecule has 23 rings (SSSR count). The smallest absolute Gasteiger partial charge is 0.255 e. The van der Waals surface area contributed by atoms with Crippen molar-refractivity contribution >= 4 is 143 Å². The molecule has 0 aliphatic carbocycles. The molecule has 462 valence electrons. The minimum Gasteiger partial charge on any atom is -0.255 e. The molecule has 12 nitrogen and oxygen atoms in total. The second-order valence-electron chi connectivity index (χ2n) is 28.2. The van der Waals surface area contributed by atoms with Gasteiger partial charge in [-0.1, -0.05) is 159 Å². The van der Waals surface area contributed by atoms with E-state index in [4.69, 9.17) is 19.9 Å². The van der Waals surface area contributed by atoms with Crippen molar-refractivity contribution in [2.45, 2.75) is 105 Å². The van der Waals surface area contributed by atoms with E-state index in [1.165, 1.54) is 165 Å². The average Bonchev–Trinajstić information content (AvgIpc) is 1.54. The topological polar surface area (TPSA) is 86.2 Å². The summed E-state index contributed by atoms with van der Waals surface area (Å²) in [6.07, 6.45) is 12.0. The Morgan fingerprint density at radius 2 is 0.917 bits per heavy atom. The van der Waals surface area contributed by atoms with Crippen LogP contribution in [0.15, 0.2) is 207 Å². The molecule has 96 heavy (non-hydrogen) atoms. The molecule has 12 heteroatoms. The number of para-hydroxylation sites is 4. The van der Waals surface area contributed by atoms with Gasteiger partial charge in [-0.05, 0) is 118 Å². The molecule has 0 radical (unpaired) electrons. The van der Waals surface area contributed by atoms with Crippen LogP contribution in [0.1, 0.15) is 124 Å². The molecular formula is C84H70N12+4. The van der Waals surface area contributed by atoms with Gasteiger partial charge in [-0.2, -0.15) is 17.6 Å². The Morgan fingerprint density at radius 3 is 1.68 bits per heavy atom. The van der Waals surface area contributed by atoms with Gasteiger partial charge in [-0.15, -0.1) is 9.97 Å². The number of hydrogen-bond acceptors (Lipinski definition) is 4. The molecule has 0 N–H and O–H groups in total. The Kier molecular flexibility index (Phi) is 11.6. The number of pyridine rings is 8. The predicted molar refractivity (Wildman–Crippen MR) is 387 cm³/mol. The highest BCUT2D eigenvalue weighted by Gasteiger charge is 2.36. The molecule has 0 amide bonds. The third-order valence-corrected chi connectivity index (χ3v) is 21.6. The van der Waals surface area contributed by atoms with Crippen LogP contribution < -0.4 is 17.9 Å². The summed E-state index contributed by atoms with van der Waals surface area (Å²) >= 11 is 0. The maximum atomic E-state index is 4.82. The lowest BCUT2D eigenvalue weighted by molar-refractivity contribution is -0.657. The van der Waals surface area contributed by atoms with E-state index in [2.05, 4.69) is 255 Å². The Bertz CT molecular complexity index is 6650. The van der Waals surface area contributed by atoms with Crippen LogP contribution in [0.2, 0.25) is 0 Å². The summed E-state index contributed by atoms with van der Waals surface area (Å²) in [6.45, 7) is 21.9. The highest BCUT2D eigenvalue weighted by atomic mass is 15.2.